The lowest BCUT2D eigenvalue weighted by atomic mass is 10.1. The van der Waals surface area contributed by atoms with E-state index in [1.165, 1.54) is 4.57 Å². The number of aromatic nitrogens is 1. The highest BCUT2D eigenvalue weighted by atomic mass is 19.1. The molecular weight excluding hydrogens is 348 g/mol. The number of fused-ring (bicyclic) bond motifs is 1. The summed E-state index contributed by atoms with van der Waals surface area (Å²) in [5, 5.41) is 8.49. The van der Waals surface area contributed by atoms with Gasteiger partial charge in [0.1, 0.15) is 11.5 Å². The van der Waals surface area contributed by atoms with Crippen LogP contribution in [0.15, 0.2) is 17.1 Å². The molecule has 1 N–H and O–H groups in total. The van der Waals surface area contributed by atoms with Crippen LogP contribution in [0.1, 0.15) is 6.92 Å². The number of rotatable bonds is 3. The first-order valence-electron chi connectivity index (χ1n) is 8.22. The van der Waals surface area contributed by atoms with Crippen molar-refractivity contribution in [2.24, 2.45) is 0 Å². The SMILES string of the molecule is CCn1cc(OC(=O)O)c(=O)c2cc(F)c(N3CCN(C)CC3)c(F)c21. The van der Waals surface area contributed by atoms with Crippen molar-refractivity contribution in [3.05, 3.63) is 34.1 Å². The molecule has 1 fully saturated rings. The molecule has 0 unspecified atom stereocenters. The van der Waals surface area contributed by atoms with Gasteiger partial charge in [-0.1, -0.05) is 0 Å². The molecule has 0 radical (unpaired) electrons. The smallest absolute Gasteiger partial charge is 0.449 e. The Hall–Kier alpha value is -2.68. The first-order valence-corrected chi connectivity index (χ1v) is 8.22. The molecule has 0 amide bonds. The number of carboxylic acid groups (broad SMARTS) is 1. The molecule has 26 heavy (non-hydrogen) atoms. The largest absolute Gasteiger partial charge is 0.511 e. The number of hydrogen-bond donors (Lipinski definition) is 1. The van der Waals surface area contributed by atoms with Crippen LogP contribution in [0.25, 0.3) is 10.9 Å². The zero-order valence-electron chi connectivity index (χ0n) is 14.5. The van der Waals surface area contributed by atoms with Gasteiger partial charge in [-0.25, -0.2) is 13.6 Å². The molecule has 0 spiro atoms. The summed E-state index contributed by atoms with van der Waals surface area (Å²) in [5.74, 6) is -2.17. The predicted octanol–water partition coefficient (Wildman–Crippen LogP) is 2.11. The number of carbonyl (C=O) groups is 1. The zero-order chi connectivity index (χ0) is 19.0. The van der Waals surface area contributed by atoms with Gasteiger partial charge >= 0.3 is 6.16 Å². The average Bonchev–Trinajstić information content (AvgIpc) is 2.58. The molecule has 0 saturated carbocycles. The molecule has 0 bridgehead atoms. The van der Waals surface area contributed by atoms with E-state index in [2.05, 4.69) is 9.64 Å². The highest BCUT2D eigenvalue weighted by Gasteiger charge is 2.26. The molecule has 0 aliphatic carbocycles. The highest BCUT2D eigenvalue weighted by Crippen LogP contribution is 2.31. The number of nitrogens with zero attached hydrogens (tertiary/aromatic N) is 3. The Bertz CT molecular complexity index is 921. The van der Waals surface area contributed by atoms with Crippen molar-refractivity contribution >= 4 is 22.7 Å². The van der Waals surface area contributed by atoms with Gasteiger partial charge in [0.2, 0.25) is 5.43 Å². The van der Waals surface area contributed by atoms with Crippen LogP contribution < -0.4 is 15.1 Å². The number of pyridine rings is 1. The third-order valence-electron chi connectivity index (χ3n) is 4.55. The highest BCUT2D eigenvalue weighted by molar-refractivity contribution is 5.85. The Morgan fingerprint density at radius 3 is 2.50 bits per heavy atom. The number of halogens is 2. The minimum atomic E-state index is -1.67. The van der Waals surface area contributed by atoms with E-state index in [4.69, 9.17) is 5.11 Å². The summed E-state index contributed by atoms with van der Waals surface area (Å²) in [6.07, 6.45) is -0.535. The first-order chi connectivity index (χ1) is 12.3. The van der Waals surface area contributed by atoms with Crippen molar-refractivity contribution in [1.82, 2.24) is 9.47 Å². The molecule has 1 saturated heterocycles. The maximum absolute atomic E-state index is 15.2. The van der Waals surface area contributed by atoms with E-state index in [0.717, 1.165) is 12.3 Å². The van der Waals surface area contributed by atoms with E-state index in [-0.39, 0.29) is 23.1 Å². The fraction of sp³-hybridized carbons (Fsp3) is 0.412. The fourth-order valence-electron chi connectivity index (χ4n) is 3.19. The van der Waals surface area contributed by atoms with Crippen molar-refractivity contribution in [3.8, 4) is 5.75 Å². The van der Waals surface area contributed by atoms with Crippen LogP contribution in [0, 0.1) is 11.6 Å². The van der Waals surface area contributed by atoms with E-state index in [1.54, 1.807) is 11.8 Å². The van der Waals surface area contributed by atoms with Crippen LogP contribution in [0.2, 0.25) is 0 Å². The van der Waals surface area contributed by atoms with Gasteiger partial charge in [0.05, 0.1) is 17.1 Å². The molecule has 9 heteroatoms. The molecule has 2 heterocycles. The van der Waals surface area contributed by atoms with Crippen molar-refractivity contribution in [1.29, 1.82) is 0 Å². The zero-order valence-corrected chi connectivity index (χ0v) is 14.5. The molecule has 1 aliphatic rings. The van der Waals surface area contributed by atoms with Gasteiger partial charge in [0.15, 0.2) is 11.6 Å². The Balaban J connectivity index is 2.22. The van der Waals surface area contributed by atoms with E-state index >= 15 is 4.39 Å². The Morgan fingerprint density at radius 1 is 1.27 bits per heavy atom. The van der Waals surface area contributed by atoms with Crippen LogP contribution in [0.3, 0.4) is 0 Å². The number of hydrogen-bond acceptors (Lipinski definition) is 5. The van der Waals surface area contributed by atoms with Crippen molar-refractivity contribution in [2.45, 2.75) is 13.5 Å². The monoisotopic (exact) mass is 367 g/mol. The van der Waals surface area contributed by atoms with Gasteiger partial charge in [-0.2, -0.15) is 0 Å². The van der Waals surface area contributed by atoms with E-state index in [9.17, 15) is 14.0 Å². The third kappa shape index (κ3) is 3.10. The molecule has 7 nitrogen and oxygen atoms in total. The molecule has 1 aromatic carbocycles. The van der Waals surface area contributed by atoms with Crippen LogP contribution in [-0.2, 0) is 6.54 Å². The quantitative estimate of drug-likeness (QED) is 0.838. The molecule has 3 rings (SSSR count). The molecule has 2 aromatic rings. The average molecular weight is 367 g/mol. The molecule has 0 atom stereocenters. The van der Waals surface area contributed by atoms with Gasteiger partial charge in [-0.15, -0.1) is 0 Å². The van der Waals surface area contributed by atoms with Crippen LogP contribution >= 0.6 is 0 Å². The second kappa shape index (κ2) is 6.91. The molecular formula is C17H19F2N3O4. The van der Waals surface area contributed by atoms with Crippen LogP contribution in [-0.4, -0.2) is 54.0 Å². The Labute approximate surface area is 148 Å². The maximum atomic E-state index is 15.2. The van der Waals surface area contributed by atoms with Gasteiger partial charge in [-0.3, -0.25) is 4.79 Å². The number of ether oxygens (including phenoxy) is 1. The van der Waals surface area contributed by atoms with Crippen molar-refractivity contribution in [2.75, 3.05) is 38.1 Å². The molecule has 140 valence electrons. The van der Waals surface area contributed by atoms with E-state index in [1.807, 2.05) is 7.05 Å². The summed E-state index contributed by atoms with van der Waals surface area (Å²) in [5.41, 5.74) is -1.10. The Morgan fingerprint density at radius 2 is 1.92 bits per heavy atom. The molecule has 1 aliphatic heterocycles. The van der Waals surface area contributed by atoms with Gasteiger partial charge in [-0.05, 0) is 20.0 Å². The summed E-state index contributed by atoms with van der Waals surface area (Å²) in [6, 6.07) is 0.954. The summed E-state index contributed by atoms with van der Waals surface area (Å²) in [4.78, 5) is 26.8. The van der Waals surface area contributed by atoms with Crippen molar-refractivity contribution < 1.29 is 23.4 Å². The normalized spacial score (nSPS) is 15.5. The van der Waals surface area contributed by atoms with Gasteiger partial charge < -0.3 is 24.2 Å². The molecule has 1 aromatic heterocycles. The minimum Gasteiger partial charge on any atom is -0.449 e. The topological polar surface area (TPSA) is 75.0 Å². The second-order valence-corrected chi connectivity index (χ2v) is 6.18. The van der Waals surface area contributed by atoms with Gasteiger partial charge in [0, 0.05) is 32.7 Å². The summed E-state index contributed by atoms with van der Waals surface area (Å²) in [6.45, 7) is 4.22. The lowest BCUT2D eigenvalue weighted by molar-refractivity contribution is 0.144. The summed E-state index contributed by atoms with van der Waals surface area (Å²) < 4.78 is 35.7. The standard InChI is InChI=1S/C17H19F2N3O4/c1-3-21-9-12(26-17(24)25)16(23)10-8-11(18)15(13(19)14(10)21)22-6-4-20(2)5-7-22/h8-9H,3-7H2,1-2H3,(H,24,25). The first kappa shape index (κ1) is 18.1. The number of likely N-dealkylation sites (N-methyl/N-ethyl adjacent to an activating group) is 1. The fourth-order valence-corrected chi connectivity index (χ4v) is 3.19. The van der Waals surface area contributed by atoms with Crippen molar-refractivity contribution in [3.63, 3.8) is 0 Å². The second-order valence-electron chi connectivity index (χ2n) is 6.18. The van der Waals surface area contributed by atoms with Gasteiger partial charge in [0.25, 0.3) is 0 Å². The minimum absolute atomic E-state index is 0.0643. The van der Waals surface area contributed by atoms with E-state index in [0.29, 0.717) is 26.2 Å². The van der Waals surface area contributed by atoms with E-state index < -0.39 is 29.0 Å². The number of benzene rings is 1. The number of anilines is 1. The van der Waals surface area contributed by atoms with Crippen LogP contribution in [0.5, 0.6) is 5.75 Å². The predicted molar refractivity (Wildman–Crippen MR) is 92.2 cm³/mol. The van der Waals surface area contributed by atoms with Crippen LogP contribution in [0.4, 0.5) is 19.3 Å². The number of piperazine rings is 1. The number of aryl methyl sites for hydroxylation is 1. The third-order valence-corrected chi connectivity index (χ3v) is 4.55. The summed E-state index contributed by atoms with van der Waals surface area (Å²) >= 11 is 0. The summed E-state index contributed by atoms with van der Waals surface area (Å²) in [7, 11) is 1.93. The Kier molecular flexibility index (Phi) is 4.82. The lowest BCUT2D eigenvalue weighted by Gasteiger charge is -2.34. The lowest BCUT2D eigenvalue weighted by Crippen LogP contribution is -2.45. The maximum Gasteiger partial charge on any atom is 0.511 e.